The van der Waals surface area contributed by atoms with E-state index in [1.165, 1.54) is 29.8 Å². The third kappa shape index (κ3) is 7.30. The molecular formula is C36H43N5O3. The van der Waals surface area contributed by atoms with Crippen LogP contribution in [0.25, 0.3) is 10.9 Å². The normalized spacial score (nSPS) is 12.3. The van der Waals surface area contributed by atoms with Gasteiger partial charge < -0.3 is 25.6 Å². The number of rotatable bonds is 13. The van der Waals surface area contributed by atoms with Crippen molar-refractivity contribution in [3.05, 3.63) is 89.1 Å². The fourth-order valence-corrected chi connectivity index (χ4v) is 5.84. The number of fused-ring (bicyclic) bond motifs is 2. The fraction of sp³-hybridized carbons (Fsp3) is 0.361. The SMILES string of the molecule is CCOc1ccc(CC(=O)Nc2cc(C(=O)N(CC)CC)ccc2NCCNc2c3c(nc4ccccc24)CCCC3)cc1. The number of nitrogens with zero attached hydrogens (tertiary/aromatic N) is 2. The highest BCUT2D eigenvalue weighted by molar-refractivity contribution is 6.00. The Morgan fingerprint density at radius 3 is 2.39 bits per heavy atom. The molecule has 0 radical (unpaired) electrons. The van der Waals surface area contributed by atoms with Gasteiger partial charge in [-0.1, -0.05) is 30.3 Å². The number of nitrogens with one attached hydrogen (secondary N) is 3. The monoisotopic (exact) mass is 593 g/mol. The van der Waals surface area contributed by atoms with E-state index in [1.807, 2.05) is 63.2 Å². The zero-order valence-electron chi connectivity index (χ0n) is 26.0. The first-order valence-electron chi connectivity index (χ1n) is 15.8. The molecular weight excluding hydrogens is 550 g/mol. The van der Waals surface area contributed by atoms with Gasteiger partial charge >= 0.3 is 0 Å². The highest BCUT2D eigenvalue weighted by Gasteiger charge is 2.19. The van der Waals surface area contributed by atoms with E-state index in [2.05, 4.69) is 34.1 Å². The Balaban J connectivity index is 1.31. The van der Waals surface area contributed by atoms with Crippen molar-refractivity contribution in [2.75, 3.05) is 48.7 Å². The number of hydrogen-bond donors (Lipinski definition) is 3. The molecule has 0 unspecified atom stereocenters. The fourth-order valence-electron chi connectivity index (χ4n) is 5.84. The van der Waals surface area contributed by atoms with Crippen LogP contribution in [0.2, 0.25) is 0 Å². The standard InChI is InChI=1S/C36H43N5O3/c1-4-41(5-2)36(43)26-17-20-32(33(24-26)40-34(42)23-25-15-18-27(19-16-25)44-6-3)37-21-22-38-35-28-11-7-9-13-30(28)39-31-14-10-8-12-29(31)35/h7,9,11,13,15-20,24,37H,4-6,8,10,12,14,21-23H2,1-3H3,(H,38,39)(H,40,42). The summed E-state index contributed by atoms with van der Waals surface area (Å²) < 4.78 is 5.52. The molecule has 1 aromatic heterocycles. The van der Waals surface area contributed by atoms with Crippen LogP contribution in [-0.2, 0) is 24.1 Å². The summed E-state index contributed by atoms with van der Waals surface area (Å²) in [6.07, 6.45) is 4.63. The van der Waals surface area contributed by atoms with Crippen LogP contribution in [0.4, 0.5) is 17.1 Å². The minimum absolute atomic E-state index is 0.0560. The van der Waals surface area contributed by atoms with Crippen LogP contribution in [-0.4, -0.2) is 54.5 Å². The summed E-state index contributed by atoms with van der Waals surface area (Å²) in [5, 5.41) is 11.4. The molecule has 4 aromatic rings. The Labute approximate surface area is 260 Å². The van der Waals surface area contributed by atoms with Crippen LogP contribution in [0.1, 0.15) is 60.8 Å². The van der Waals surface area contributed by atoms with E-state index in [-0.39, 0.29) is 18.2 Å². The summed E-state index contributed by atoms with van der Waals surface area (Å²) >= 11 is 0. The average molecular weight is 594 g/mol. The molecule has 0 fully saturated rings. The maximum atomic E-state index is 13.2. The number of para-hydroxylation sites is 1. The summed E-state index contributed by atoms with van der Waals surface area (Å²) in [5.41, 5.74) is 7.52. The Morgan fingerprint density at radius 1 is 0.864 bits per heavy atom. The second-order valence-electron chi connectivity index (χ2n) is 11.0. The largest absolute Gasteiger partial charge is 0.494 e. The quantitative estimate of drug-likeness (QED) is 0.149. The maximum Gasteiger partial charge on any atom is 0.253 e. The van der Waals surface area contributed by atoms with E-state index in [4.69, 9.17) is 9.72 Å². The van der Waals surface area contributed by atoms with Gasteiger partial charge in [0.1, 0.15) is 5.75 Å². The third-order valence-corrected chi connectivity index (χ3v) is 8.10. The third-order valence-electron chi connectivity index (χ3n) is 8.10. The molecule has 5 rings (SSSR count). The lowest BCUT2D eigenvalue weighted by atomic mass is 9.92. The number of ether oxygens (including phenoxy) is 1. The zero-order valence-corrected chi connectivity index (χ0v) is 26.0. The van der Waals surface area contributed by atoms with Gasteiger partial charge in [-0.2, -0.15) is 0 Å². The van der Waals surface area contributed by atoms with Gasteiger partial charge in [-0.25, -0.2) is 0 Å². The first-order valence-corrected chi connectivity index (χ1v) is 15.8. The molecule has 3 N–H and O–H groups in total. The predicted octanol–water partition coefficient (Wildman–Crippen LogP) is 6.70. The number of anilines is 3. The molecule has 0 spiro atoms. The minimum Gasteiger partial charge on any atom is -0.494 e. The summed E-state index contributed by atoms with van der Waals surface area (Å²) in [6.45, 7) is 9.00. The van der Waals surface area contributed by atoms with Gasteiger partial charge in [0.05, 0.1) is 29.9 Å². The van der Waals surface area contributed by atoms with Crippen molar-refractivity contribution in [2.45, 2.75) is 52.9 Å². The van der Waals surface area contributed by atoms with Crippen molar-refractivity contribution in [1.29, 1.82) is 0 Å². The van der Waals surface area contributed by atoms with Crippen LogP contribution in [0.15, 0.2) is 66.7 Å². The number of carbonyl (C=O) groups is 2. The molecule has 1 heterocycles. The number of amides is 2. The lowest BCUT2D eigenvalue weighted by Crippen LogP contribution is -2.30. The molecule has 2 amide bonds. The summed E-state index contributed by atoms with van der Waals surface area (Å²) in [4.78, 5) is 33.0. The zero-order chi connectivity index (χ0) is 30.9. The van der Waals surface area contributed by atoms with Crippen LogP contribution in [0.5, 0.6) is 5.75 Å². The van der Waals surface area contributed by atoms with E-state index in [9.17, 15) is 9.59 Å². The Hall–Kier alpha value is -4.59. The number of pyridine rings is 1. The second-order valence-corrected chi connectivity index (χ2v) is 11.0. The van der Waals surface area contributed by atoms with Crippen molar-refractivity contribution in [1.82, 2.24) is 9.88 Å². The van der Waals surface area contributed by atoms with Gasteiger partial charge in [-0.3, -0.25) is 14.6 Å². The first-order chi connectivity index (χ1) is 21.5. The Morgan fingerprint density at radius 2 is 1.61 bits per heavy atom. The van der Waals surface area contributed by atoms with Gasteiger partial charge in [-0.15, -0.1) is 0 Å². The van der Waals surface area contributed by atoms with Gasteiger partial charge in [-0.05, 0) is 94.0 Å². The predicted molar refractivity (Wildman–Crippen MR) is 179 cm³/mol. The average Bonchev–Trinajstić information content (AvgIpc) is 3.04. The van der Waals surface area contributed by atoms with Crippen molar-refractivity contribution >= 4 is 39.8 Å². The Kier molecular flexibility index (Phi) is 10.3. The molecule has 0 aliphatic heterocycles. The van der Waals surface area contributed by atoms with E-state index in [0.29, 0.717) is 44.0 Å². The molecule has 0 bridgehead atoms. The lowest BCUT2D eigenvalue weighted by molar-refractivity contribution is -0.115. The van der Waals surface area contributed by atoms with Gasteiger partial charge in [0.2, 0.25) is 5.91 Å². The summed E-state index contributed by atoms with van der Waals surface area (Å²) in [6, 6.07) is 21.3. The molecule has 1 aliphatic carbocycles. The molecule has 44 heavy (non-hydrogen) atoms. The van der Waals surface area contributed by atoms with E-state index >= 15 is 0 Å². The second kappa shape index (κ2) is 14.7. The van der Waals surface area contributed by atoms with Gasteiger partial charge in [0.15, 0.2) is 0 Å². The van der Waals surface area contributed by atoms with Crippen molar-refractivity contribution in [3.8, 4) is 5.75 Å². The number of carbonyl (C=O) groups excluding carboxylic acids is 2. The van der Waals surface area contributed by atoms with Crippen LogP contribution >= 0.6 is 0 Å². The lowest BCUT2D eigenvalue weighted by Gasteiger charge is -2.22. The van der Waals surface area contributed by atoms with Crippen LogP contribution < -0.4 is 20.7 Å². The van der Waals surface area contributed by atoms with Crippen molar-refractivity contribution in [2.24, 2.45) is 0 Å². The highest BCUT2D eigenvalue weighted by atomic mass is 16.5. The molecule has 8 heteroatoms. The van der Waals surface area contributed by atoms with E-state index in [0.717, 1.165) is 40.7 Å². The van der Waals surface area contributed by atoms with Crippen molar-refractivity contribution in [3.63, 3.8) is 0 Å². The smallest absolute Gasteiger partial charge is 0.253 e. The molecule has 230 valence electrons. The molecule has 8 nitrogen and oxygen atoms in total. The minimum atomic E-state index is -0.155. The Bertz CT molecular complexity index is 1600. The van der Waals surface area contributed by atoms with Gasteiger partial charge in [0, 0.05) is 48.5 Å². The number of aryl methyl sites for hydroxylation is 1. The highest BCUT2D eigenvalue weighted by Crippen LogP contribution is 2.33. The van der Waals surface area contributed by atoms with Gasteiger partial charge in [0.25, 0.3) is 5.91 Å². The molecule has 0 atom stereocenters. The first kappa shape index (κ1) is 30.9. The molecule has 0 saturated heterocycles. The topological polar surface area (TPSA) is 95.6 Å². The van der Waals surface area contributed by atoms with Crippen LogP contribution in [0.3, 0.4) is 0 Å². The molecule has 3 aromatic carbocycles. The van der Waals surface area contributed by atoms with Crippen LogP contribution in [0, 0.1) is 0 Å². The number of hydrogen-bond acceptors (Lipinski definition) is 6. The van der Waals surface area contributed by atoms with E-state index < -0.39 is 0 Å². The summed E-state index contributed by atoms with van der Waals surface area (Å²) in [5.74, 6) is 0.567. The van der Waals surface area contributed by atoms with Crippen molar-refractivity contribution < 1.29 is 14.3 Å². The van der Waals surface area contributed by atoms with E-state index in [1.54, 1.807) is 11.0 Å². The summed E-state index contributed by atoms with van der Waals surface area (Å²) in [7, 11) is 0. The number of benzene rings is 3. The molecule has 0 saturated carbocycles. The molecule has 1 aliphatic rings. The maximum absolute atomic E-state index is 13.2. The number of aromatic nitrogens is 1.